The lowest BCUT2D eigenvalue weighted by Crippen LogP contribution is -2.57. The molecule has 2 heterocycles. The molecule has 0 aliphatic carbocycles. The van der Waals surface area contributed by atoms with Crippen molar-refractivity contribution < 1.29 is 4.74 Å². The number of nitrogens with zero attached hydrogens (tertiary/aromatic N) is 1. The van der Waals surface area contributed by atoms with Gasteiger partial charge in [-0.25, -0.2) is 0 Å². The van der Waals surface area contributed by atoms with Gasteiger partial charge in [-0.1, -0.05) is 20.3 Å². The van der Waals surface area contributed by atoms with Crippen LogP contribution in [0.1, 0.15) is 40.0 Å². The second-order valence-electron chi connectivity index (χ2n) is 5.80. The Morgan fingerprint density at radius 2 is 2.29 bits per heavy atom. The average Bonchev–Trinajstić information content (AvgIpc) is 2.38. The average molecular weight is 240 g/mol. The molecule has 3 heteroatoms. The summed E-state index contributed by atoms with van der Waals surface area (Å²) in [5.74, 6) is 0.787. The third-order valence-electron chi connectivity index (χ3n) is 4.54. The van der Waals surface area contributed by atoms with Crippen molar-refractivity contribution in [3.05, 3.63) is 0 Å². The van der Waals surface area contributed by atoms with Crippen LogP contribution in [0.25, 0.3) is 0 Å². The third kappa shape index (κ3) is 3.43. The number of hydrogen-bond acceptors (Lipinski definition) is 3. The minimum Gasteiger partial charge on any atom is -0.378 e. The van der Waals surface area contributed by atoms with E-state index in [4.69, 9.17) is 4.74 Å². The Hall–Kier alpha value is -0.120. The first-order valence-electron chi connectivity index (χ1n) is 7.29. The molecule has 2 aliphatic heterocycles. The molecule has 0 saturated carbocycles. The summed E-state index contributed by atoms with van der Waals surface area (Å²) in [6, 6.07) is 1.44. The quantitative estimate of drug-likeness (QED) is 0.815. The molecule has 2 aliphatic rings. The van der Waals surface area contributed by atoms with Crippen molar-refractivity contribution in [2.24, 2.45) is 5.92 Å². The standard InChI is InChI=1S/C14H28N2O/c1-4-11(2)14-10-16(7-6-15-14)13-5-8-17-12(3)9-13/h11-15H,4-10H2,1-3H3. The lowest BCUT2D eigenvalue weighted by atomic mass is 9.94. The molecular weight excluding hydrogens is 212 g/mol. The van der Waals surface area contributed by atoms with Crippen LogP contribution in [0, 0.1) is 5.92 Å². The summed E-state index contributed by atoms with van der Waals surface area (Å²) in [6.45, 7) is 11.4. The van der Waals surface area contributed by atoms with Crippen molar-refractivity contribution in [2.45, 2.75) is 58.2 Å². The molecule has 0 bridgehead atoms. The third-order valence-corrected chi connectivity index (χ3v) is 4.54. The number of rotatable bonds is 3. The molecule has 0 amide bonds. The highest BCUT2D eigenvalue weighted by Gasteiger charge is 2.30. The van der Waals surface area contributed by atoms with E-state index < -0.39 is 0 Å². The van der Waals surface area contributed by atoms with Gasteiger partial charge in [0.1, 0.15) is 0 Å². The topological polar surface area (TPSA) is 24.5 Å². The van der Waals surface area contributed by atoms with Crippen LogP contribution in [-0.2, 0) is 4.74 Å². The first-order valence-corrected chi connectivity index (χ1v) is 7.29. The van der Waals surface area contributed by atoms with Crippen LogP contribution in [0.2, 0.25) is 0 Å². The zero-order chi connectivity index (χ0) is 12.3. The van der Waals surface area contributed by atoms with Gasteiger partial charge in [-0.3, -0.25) is 4.90 Å². The zero-order valence-corrected chi connectivity index (χ0v) is 11.6. The van der Waals surface area contributed by atoms with E-state index in [-0.39, 0.29) is 0 Å². The Morgan fingerprint density at radius 1 is 1.47 bits per heavy atom. The molecule has 4 atom stereocenters. The van der Waals surface area contributed by atoms with Crippen LogP contribution in [0.15, 0.2) is 0 Å². The predicted octanol–water partition coefficient (Wildman–Crippen LogP) is 1.87. The molecule has 2 rings (SSSR count). The lowest BCUT2D eigenvalue weighted by molar-refractivity contribution is -0.0253. The molecule has 0 aromatic carbocycles. The molecule has 1 N–H and O–H groups in total. The molecule has 0 aromatic rings. The van der Waals surface area contributed by atoms with Gasteiger partial charge >= 0.3 is 0 Å². The summed E-state index contributed by atoms with van der Waals surface area (Å²) >= 11 is 0. The van der Waals surface area contributed by atoms with Crippen LogP contribution in [-0.4, -0.2) is 49.3 Å². The van der Waals surface area contributed by atoms with Crippen LogP contribution < -0.4 is 5.32 Å². The molecule has 2 saturated heterocycles. The van der Waals surface area contributed by atoms with E-state index in [1.807, 2.05) is 0 Å². The van der Waals surface area contributed by atoms with Crippen molar-refractivity contribution in [1.29, 1.82) is 0 Å². The first-order chi connectivity index (χ1) is 8.20. The highest BCUT2D eigenvalue weighted by Crippen LogP contribution is 2.22. The van der Waals surface area contributed by atoms with Crippen molar-refractivity contribution in [3.63, 3.8) is 0 Å². The van der Waals surface area contributed by atoms with Gasteiger partial charge in [0.25, 0.3) is 0 Å². The summed E-state index contributed by atoms with van der Waals surface area (Å²) in [4.78, 5) is 2.70. The van der Waals surface area contributed by atoms with E-state index in [1.54, 1.807) is 0 Å². The van der Waals surface area contributed by atoms with E-state index in [9.17, 15) is 0 Å². The Bertz CT molecular complexity index is 234. The molecule has 100 valence electrons. The van der Waals surface area contributed by atoms with Gasteiger partial charge in [0.05, 0.1) is 6.10 Å². The van der Waals surface area contributed by atoms with Gasteiger partial charge in [0, 0.05) is 38.3 Å². The summed E-state index contributed by atoms with van der Waals surface area (Å²) in [5, 5.41) is 3.68. The second kappa shape index (κ2) is 6.17. The Balaban J connectivity index is 1.87. The Labute approximate surface area is 106 Å². The van der Waals surface area contributed by atoms with Crippen molar-refractivity contribution in [2.75, 3.05) is 26.2 Å². The van der Waals surface area contributed by atoms with Crippen molar-refractivity contribution in [1.82, 2.24) is 10.2 Å². The minimum absolute atomic E-state index is 0.450. The molecule has 0 spiro atoms. The van der Waals surface area contributed by atoms with Crippen LogP contribution in [0.3, 0.4) is 0 Å². The normalized spacial score (nSPS) is 37.9. The SMILES string of the molecule is CCC(C)C1CN(C2CCOC(C)C2)CCN1. The summed E-state index contributed by atoms with van der Waals surface area (Å²) in [7, 11) is 0. The monoisotopic (exact) mass is 240 g/mol. The van der Waals surface area contributed by atoms with Gasteiger partial charge in [-0.05, 0) is 25.7 Å². The smallest absolute Gasteiger partial charge is 0.0561 e. The number of piperazine rings is 1. The number of hydrogen-bond donors (Lipinski definition) is 1. The largest absolute Gasteiger partial charge is 0.378 e. The maximum absolute atomic E-state index is 5.65. The van der Waals surface area contributed by atoms with Gasteiger partial charge in [0.2, 0.25) is 0 Å². The fraction of sp³-hybridized carbons (Fsp3) is 1.00. The van der Waals surface area contributed by atoms with Crippen molar-refractivity contribution in [3.8, 4) is 0 Å². The van der Waals surface area contributed by atoms with Crippen LogP contribution in [0.4, 0.5) is 0 Å². The molecule has 3 nitrogen and oxygen atoms in total. The maximum atomic E-state index is 5.65. The minimum atomic E-state index is 0.450. The van der Waals surface area contributed by atoms with Gasteiger partial charge < -0.3 is 10.1 Å². The first kappa shape index (κ1) is 13.3. The summed E-state index contributed by atoms with van der Waals surface area (Å²) < 4.78 is 5.65. The molecule has 0 radical (unpaired) electrons. The summed E-state index contributed by atoms with van der Waals surface area (Å²) in [5.41, 5.74) is 0. The fourth-order valence-corrected chi connectivity index (χ4v) is 3.11. The molecule has 4 unspecified atom stereocenters. The lowest BCUT2D eigenvalue weighted by Gasteiger charge is -2.43. The molecule has 0 aromatic heterocycles. The van der Waals surface area contributed by atoms with Crippen LogP contribution >= 0.6 is 0 Å². The maximum Gasteiger partial charge on any atom is 0.0561 e. The van der Waals surface area contributed by atoms with Crippen LogP contribution in [0.5, 0.6) is 0 Å². The van der Waals surface area contributed by atoms with E-state index in [0.29, 0.717) is 12.1 Å². The summed E-state index contributed by atoms with van der Waals surface area (Å²) in [6.07, 6.45) is 4.16. The van der Waals surface area contributed by atoms with Gasteiger partial charge in [0.15, 0.2) is 0 Å². The Morgan fingerprint density at radius 3 is 3.00 bits per heavy atom. The van der Waals surface area contributed by atoms with E-state index >= 15 is 0 Å². The molecule has 17 heavy (non-hydrogen) atoms. The highest BCUT2D eigenvalue weighted by atomic mass is 16.5. The predicted molar refractivity (Wildman–Crippen MR) is 71.3 cm³/mol. The van der Waals surface area contributed by atoms with E-state index in [0.717, 1.165) is 25.1 Å². The van der Waals surface area contributed by atoms with E-state index in [2.05, 4.69) is 31.0 Å². The van der Waals surface area contributed by atoms with Gasteiger partial charge in [-0.15, -0.1) is 0 Å². The van der Waals surface area contributed by atoms with Gasteiger partial charge in [-0.2, -0.15) is 0 Å². The highest BCUT2D eigenvalue weighted by molar-refractivity contribution is 4.87. The van der Waals surface area contributed by atoms with E-state index in [1.165, 1.54) is 32.4 Å². The molecular formula is C14H28N2O. The second-order valence-corrected chi connectivity index (χ2v) is 5.80. The number of ether oxygens (including phenoxy) is 1. The zero-order valence-electron chi connectivity index (χ0n) is 11.6. The number of nitrogens with one attached hydrogen (secondary N) is 1. The fourth-order valence-electron chi connectivity index (χ4n) is 3.11. The van der Waals surface area contributed by atoms with Crippen molar-refractivity contribution >= 4 is 0 Å². The Kier molecular flexibility index (Phi) is 4.83. The molecule has 2 fully saturated rings.